The van der Waals surface area contributed by atoms with Crippen molar-refractivity contribution in [1.29, 1.82) is 0 Å². The molecule has 1 aromatic carbocycles. The minimum atomic E-state index is -0.532. The first kappa shape index (κ1) is 22.2. The SMILES string of the molecule is CN(c1ccccc1)c1nc(N)nc(-c2noc(N3CCN(C(=O)OC(C)(C)C)CC3)n2)n1. The number of hydrogen-bond acceptors (Lipinski definition) is 11. The molecule has 12 nitrogen and oxygen atoms in total. The van der Waals surface area contributed by atoms with Crippen molar-refractivity contribution in [1.82, 2.24) is 30.0 Å². The molecule has 1 fully saturated rings. The van der Waals surface area contributed by atoms with Crippen molar-refractivity contribution in [3.63, 3.8) is 0 Å². The highest BCUT2D eigenvalue weighted by Gasteiger charge is 2.28. The van der Waals surface area contributed by atoms with Crippen LogP contribution < -0.4 is 15.5 Å². The number of hydrogen-bond donors (Lipinski definition) is 1. The van der Waals surface area contributed by atoms with Gasteiger partial charge >= 0.3 is 12.1 Å². The Morgan fingerprint density at radius 1 is 1.03 bits per heavy atom. The molecule has 2 N–H and O–H groups in total. The van der Waals surface area contributed by atoms with Crippen molar-refractivity contribution in [2.24, 2.45) is 0 Å². The number of para-hydroxylation sites is 1. The van der Waals surface area contributed by atoms with Crippen LogP contribution in [0.25, 0.3) is 11.6 Å². The van der Waals surface area contributed by atoms with E-state index in [0.29, 0.717) is 38.1 Å². The van der Waals surface area contributed by atoms with Crippen LogP contribution in [0.3, 0.4) is 0 Å². The van der Waals surface area contributed by atoms with Crippen LogP contribution in [0.4, 0.5) is 28.4 Å². The topological polar surface area (TPSA) is 140 Å². The molecule has 174 valence electrons. The average Bonchev–Trinajstić information content (AvgIpc) is 3.28. The second-order valence-electron chi connectivity index (χ2n) is 8.57. The van der Waals surface area contributed by atoms with E-state index in [9.17, 15) is 4.79 Å². The lowest BCUT2D eigenvalue weighted by atomic mass is 10.2. The van der Waals surface area contributed by atoms with Crippen LogP contribution in [0.15, 0.2) is 34.9 Å². The zero-order chi connectivity index (χ0) is 23.6. The number of nitrogens with two attached hydrogens (primary N) is 1. The third kappa shape index (κ3) is 5.27. The number of nitrogens with zero attached hydrogens (tertiary/aromatic N) is 8. The highest BCUT2D eigenvalue weighted by atomic mass is 16.6. The summed E-state index contributed by atoms with van der Waals surface area (Å²) in [5.74, 6) is 0.829. The number of benzene rings is 1. The van der Waals surface area contributed by atoms with Gasteiger partial charge in [-0.25, -0.2) is 4.79 Å². The standard InChI is InChI=1S/C21H27N9O3/c1-21(2,3)32-20(31)30-12-10-29(11-13-30)19-25-16(27-33-19)15-23-17(22)26-18(24-15)28(4)14-8-6-5-7-9-14/h5-9H,10-13H2,1-4H3,(H2,22,23,24,26). The smallest absolute Gasteiger partial charge is 0.410 e. The molecule has 33 heavy (non-hydrogen) atoms. The zero-order valence-corrected chi connectivity index (χ0v) is 19.1. The van der Waals surface area contributed by atoms with Gasteiger partial charge in [0.05, 0.1) is 0 Å². The summed E-state index contributed by atoms with van der Waals surface area (Å²) in [6, 6.07) is 9.97. The molecule has 1 aliphatic rings. The lowest BCUT2D eigenvalue weighted by molar-refractivity contribution is 0.0238. The summed E-state index contributed by atoms with van der Waals surface area (Å²) >= 11 is 0. The predicted octanol–water partition coefficient (Wildman–Crippen LogP) is 2.33. The first-order chi connectivity index (χ1) is 15.7. The van der Waals surface area contributed by atoms with E-state index in [-0.39, 0.29) is 23.7 Å². The molecular weight excluding hydrogens is 426 g/mol. The van der Waals surface area contributed by atoms with Gasteiger partial charge in [-0.2, -0.15) is 19.9 Å². The predicted molar refractivity (Wildman–Crippen MR) is 122 cm³/mol. The Bertz CT molecular complexity index is 1110. The first-order valence-corrected chi connectivity index (χ1v) is 10.6. The lowest BCUT2D eigenvalue weighted by Gasteiger charge is -2.34. The molecule has 2 aromatic heterocycles. The Labute approximate surface area is 191 Å². The van der Waals surface area contributed by atoms with E-state index in [1.165, 1.54) is 0 Å². The van der Waals surface area contributed by atoms with E-state index in [0.717, 1.165) is 5.69 Å². The van der Waals surface area contributed by atoms with E-state index in [4.69, 9.17) is 15.0 Å². The second-order valence-corrected chi connectivity index (χ2v) is 8.57. The van der Waals surface area contributed by atoms with Crippen molar-refractivity contribution in [3.05, 3.63) is 30.3 Å². The summed E-state index contributed by atoms with van der Waals surface area (Å²) in [6.45, 7) is 7.56. The maximum Gasteiger partial charge on any atom is 0.410 e. The van der Waals surface area contributed by atoms with Gasteiger partial charge in [-0.05, 0) is 32.9 Å². The minimum Gasteiger partial charge on any atom is -0.444 e. The summed E-state index contributed by atoms with van der Waals surface area (Å²) in [5.41, 5.74) is 6.28. The first-order valence-electron chi connectivity index (χ1n) is 10.6. The maximum atomic E-state index is 12.3. The second kappa shape index (κ2) is 8.88. The van der Waals surface area contributed by atoms with Gasteiger partial charge in [-0.1, -0.05) is 23.4 Å². The van der Waals surface area contributed by atoms with Gasteiger partial charge < -0.3 is 29.7 Å². The Hall–Kier alpha value is -3.96. The zero-order valence-electron chi connectivity index (χ0n) is 19.1. The Kier molecular flexibility index (Phi) is 5.99. The largest absolute Gasteiger partial charge is 0.444 e. The van der Waals surface area contributed by atoms with Crippen molar-refractivity contribution in [2.75, 3.05) is 48.8 Å². The fraction of sp³-hybridized carbons (Fsp3) is 0.429. The Morgan fingerprint density at radius 3 is 2.39 bits per heavy atom. The van der Waals surface area contributed by atoms with E-state index in [1.54, 1.807) is 9.80 Å². The number of piperazine rings is 1. The average molecular weight is 454 g/mol. The molecule has 3 heterocycles. The maximum absolute atomic E-state index is 12.3. The summed E-state index contributed by atoms with van der Waals surface area (Å²) < 4.78 is 10.9. The fourth-order valence-electron chi connectivity index (χ4n) is 3.24. The summed E-state index contributed by atoms with van der Waals surface area (Å²) in [5, 5.41) is 4.02. The van der Waals surface area contributed by atoms with Crippen LogP contribution in [-0.2, 0) is 4.74 Å². The molecule has 12 heteroatoms. The van der Waals surface area contributed by atoms with Crippen molar-refractivity contribution >= 4 is 29.7 Å². The number of anilines is 4. The number of aromatic nitrogens is 5. The number of rotatable bonds is 4. The molecule has 0 bridgehead atoms. The Morgan fingerprint density at radius 2 is 1.73 bits per heavy atom. The van der Waals surface area contributed by atoms with Crippen LogP contribution in [0.1, 0.15) is 20.8 Å². The normalized spacial score (nSPS) is 14.3. The van der Waals surface area contributed by atoms with Crippen LogP contribution in [0.2, 0.25) is 0 Å². The van der Waals surface area contributed by atoms with Crippen molar-refractivity contribution in [3.8, 4) is 11.6 Å². The molecule has 0 spiro atoms. The van der Waals surface area contributed by atoms with E-state index in [2.05, 4.69) is 25.1 Å². The van der Waals surface area contributed by atoms with Crippen LogP contribution >= 0.6 is 0 Å². The minimum absolute atomic E-state index is 0.0510. The third-order valence-corrected chi connectivity index (χ3v) is 4.90. The molecule has 0 aliphatic carbocycles. The summed E-state index contributed by atoms with van der Waals surface area (Å²) in [6.07, 6.45) is -0.330. The van der Waals surface area contributed by atoms with E-state index in [1.807, 2.05) is 63.1 Å². The molecule has 0 radical (unpaired) electrons. The van der Waals surface area contributed by atoms with Gasteiger partial charge in [0.2, 0.25) is 23.5 Å². The van der Waals surface area contributed by atoms with Gasteiger partial charge in [0.1, 0.15) is 5.60 Å². The van der Waals surface area contributed by atoms with Gasteiger partial charge in [0.15, 0.2) is 0 Å². The highest BCUT2D eigenvalue weighted by molar-refractivity contribution is 5.68. The van der Waals surface area contributed by atoms with Crippen LogP contribution in [0.5, 0.6) is 0 Å². The molecule has 0 unspecified atom stereocenters. The number of nitrogen functional groups attached to an aromatic ring is 1. The van der Waals surface area contributed by atoms with Gasteiger partial charge in [-0.15, -0.1) is 0 Å². The molecule has 1 saturated heterocycles. The lowest BCUT2D eigenvalue weighted by Crippen LogP contribution is -2.50. The van der Waals surface area contributed by atoms with Gasteiger partial charge in [-0.3, -0.25) is 0 Å². The summed E-state index contributed by atoms with van der Waals surface area (Å²) in [4.78, 5) is 34.9. The van der Waals surface area contributed by atoms with E-state index < -0.39 is 5.60 Å². The number of ether oxygens (including phenoxy) is 1. The van der Waals surface area contributed by atoms with Crippen molar-refractivity contribution < 1.29 is 14.1 Å². The van der Waals surface area contributed by atoms with Gasteiger partial charge in [0.25, 0.3) is 0 Å². The number of carbonyl (C=O) groups excluding carboxylic acids is 1. The molecule has 0 saturated carbocycles. The molecule has 4 rings (SSSR count). The molecular formula is C21H27N9O3. The molecule has 0 atom stereocenters. The quantitative estimate of drug-likeness (QED) is 0.622. The van der Waals surface area contributed by atoms with Crippen LogP contribution in [-0.4, -0.2) is 74.9 Å². The third-order valence-electron chi connectivity index (χ3n) is 4.90. The Balaban J connectivity index is 1.46. The molecule has 3 aromatic rings. The van der Waals surface area contributed by atoms with Gasteiger partial charge in [0, 0.05) is 38.9 Å². The van der Waals surface area contributed by atoms with Crippen molar-refractivity contribution in [2.45, 2.75) is 26.4 Å². The summed E-state index contributed by atoms with van der Waals surface area (Å²) in [7, 11) is 1.83. The highest BCUT2D eigenvalue weighted by Crippen LogP contribution is 2.24. The number of carbonyl (C=O) groups is 1. The number of amides is 1. The molecule has 1 aliphatic heterocycles. The van der Waals surface area contributed by atoms with E-state index >= 15 is 0 Å². The monoisotopic (exact) mass is 453 g/mol. The fourth-order valence-corrected chi connectivity index (χ4v) is 3.24. The molecule has 1 amide bonds. The van der Waals surface area contributed by atoms with Crippen LogP contribution in [0, 0.1) is 0 Å².